The van der Waals surface area contributed by atoms with E-state index in [0.717, 1.165) is 99.7 Å². The van der Waals surface area contributed by atoms with Crippen LogP contribution in [0.3, 0.4) is 0 Å². The maximum atomic E-state index is 13.7. The Hall–Kier alpha value is -3.97. The van der Waals surface area contributed by atoms with Gasteiger partial charge in [0.1, 0.15) is 11.6 Å². The second-order valence-electron chi connectivity index (χ2n) is 10.4. The number of aryl methyl sites for hydroxylation is 4. The normalized spacial score (nSPS) is 13.8. The van der Waals surface area contributed by atoms with Gasteiger partial charge in [-0.05, 0) is 67.3 Å². The number of para-hydroxylation sites is 1. The number of aldehydes is 1. The number of benzene rings is 3. The zero-order valence-electron chi connectivity index (χ0n) is 23.1. The average molecular weight is 540 g/mol. The fraction of sp³-hybridized carbons (Fsp3) is 0.333. The molecule has 7 heteroatoms. The summed E-state index contributed by atoms with van der Waals surface area (Å²) in [5.74, 6) is 0.482. The smallest absolute Gasteiger partial charge is 0.166 e. The summed E-state index contributed by atoms with van der Waals surface area (Å²) in [6.45, 7) is 4.56. The monoisotopic (exact) mass is 539 g/mol. The number of carbonyl (C=O) groups excluding carboxylic acids is 1. The van der Waals surface area contributed by atoms with Crippen LogP contribution in [0.1, 0.15) is 53.6 Å². The fourth-order valence-electron chi connectivity index (χ4n) is 6.10. The molecule has 1 aliphatic rings. The van der Waals surface area contributed by atoms with E-state index in [1.54, 1.807) is 6.07 Å². The number of carbonyl (C=O) groups is 1. The lowest BCUT2D eigenvalue weighted by Crippen LogP contribution is -2.06. The first-order valence-electron chi connectivity index (χ1n) is 14.1. The fourth-order valence-corrected chi connectivity index (χ4v) is 6.10. The Bertz CT molecular complexity index is 1700. The van der Waals surface area contributed by atoms with Crippen LogP contribution >= 0.6 is 0 Å². The molecule has 206 valence electrons. The molecule has 6 rings (SSSR count). The molecule has 0 atom stereocenters. The van der Waals surface area contributed by atoms with Gasteiger partial charge in [0.15, 0.2) is 6.29 Å². The van der Waals surface area contributed by atoms with Gasteiger partial charge in [0.25, 0.3) is 0 Å². The van der Waals surface area contributed by atoms with E-state index < -0.39 is 0 Å². The molecule has 6 nitrogen and oxygen atoms in total. The van der Waals surface area contributed by atoms with Crippen molar-refractivity contribution in [1.82, 2.24) is 14.3 Å². The van der Waals surface area contributed by atoms with Gasteiger partial charge in [-0.2, -0.15) is 5.10 Å². The summed E-state index contributed by atoms with van der Waals surface area (Å²) >= 11 is 0. The topological polar surface area (TPSA) is 58.3 Å². The first-order valence-corrected chi connectivity index (χ1v) is 14.1. The molecule has 0 radical (unpaired) electrons. The summed E-state index contributed by atoms with van der Waals surface area (Å²) in [6, 6.07) is 16.8. The molecule has 0 bridgehead atoms. The van der Waals surface area contributed by atoms with Crippen LogP contribution in [0.25, 0.3) is 32.8 Å². The first kappa shape index (κ1) is 26.3. The molecule has 1 aliphatic heterocycles. The highest BCUT2D eigenvalue weighted by atomic mass is 19.1. The quantitative estimate of drug-likeness (QED) is 0.165. The zero-order valence-corrected chi connectivity index (χ0v) is 23.1. The Morgan fingerprint density at radius 2 is 1.98 bits per heavy atom. The van der Waals surface area contributed by atoms with Crippen molar-refractivity contribution in [2.75, 3.05) is 13.2 Å². The van der Waals surface area contributed by atoms with Gasteiger partial charge in [-0.25, -0.2) is 4.39 Å². The van der Waals surface area contributed by atoms with E-state index in [4.69, 9.17) is 14.6 Å². The molecule has 2 aromatic heterocycles. The van der Waals surface area contributed by atoms with E-state index in [2.05, 4.69) is 29.7 Å². The summed E-state index contributed by atoms with van der Waals surface area (Å²) in [5.41, 5.74) is 7.24. The van der Waals surface area contributed by atoms with Crippen molar-refractivity contribution in [3.8, 4) is 16.9 Å². The molecule has 3 aromatic carbocycles. The molecule has 40 heavy (non-hydrogen) atoms. The Kier molecular flexibility index (Phi) is 7.39. The van der Waals surface area contributed by atoms with Crippen molar-refractivity contribution >= 4 is 28.0 Å². The Morgan fingerprint density at radius 3 is 2.83 bits per heavy atom. The molecule has 0 N–H and O–H groups in total. The Morgan fingerprint density at radius 1 is 1.10 bits per heavy atom. The highest BCUT2D eigenvalue weighted by Crippen LogP contribution is 2.39. The maximum Gasteiger partial charge on any atom is 0.166 e. The van der Waals surface area contributed by atoms with Crippen molar-refractivity contribution in [3.05, 3.63) is 83.1 Å². The van der Waals surface area contributed by atoms with Crippen molar-refractivity contribution in [2.24, 2.45) is 7.05 Å². The number of hydrogen-bond donors (Lipinski definition) is 0. The second kappa shape index (κ2) is 11.3. The van der Waals surface area contributed by atoms with Crippen molar-refractivity contribution in [3.63, 3.8) is 0 Å². The summed E-state index contributed by atoms with van der Waals surface area (Å²) < 4.78 is 30.0. The van der Waals surface area contributed by atoms with Crippen LogP contribution in [0.15, 0.2) is 54.6 Å². The van der Waals surface area contributed by atoms with Gasteiger partial charge >= 0.3 is 0 Å². The van der Waals surface area contributed by atoms with Gasteiger partial charge in [-0.3, -0.25) is 9.48 Å². The molecule has 0 saturated heterocycles. The molecule has 3 heterocycles. The van der Waals surface area contributed by atoms with Gasteiger partial charge in [0.2, 0.25) is 0 Å². The molecule has 5 aromatic rings. The minimum absolute atomic E-state index is 0.259. The number of hydrogen-bond acceptors (Lipinski definition) is 4. The van der Waals surface area contributed by atoms with Crippen molar-refractivity contribution in [2.45, 2.75) is 52.2 Å². The second-order valence-corrected chi connectivity index (χ2v) is 10.4. The van der Waals surface area contributed by atoms with E-state index in [-0.39, 0.29) is 5.82 Å². The molecule has 0 fully saturated rings. The largest absolute Gasteiger partial charge is 0.493 e. The number of nitrogens with zero attached hydrogens (tertiary/aromatic N) is 3. The molecule has 0 saturated carbocycles. The van der Waals surface area contributed by atoms with E-state index in [9.17, 15) is 9.18 Å². The van der Waals surface area contributed by atoms with Gasteiger partial charge < -0.3 is 14.0 Å². The van der Waals surface area contributed by atoms with Crippen LogP contribution in [-0.2, 0) is 37.8 Å². The van der Waals surface area contributed by atoms with E-state index in [1.165, 1.54) is 12.1 Å². The Labute approximate surface area is 233 Å². The number of fused-ring (bicyclic) bond motifs is 3. The molecular weight excluding hydrogens is 505 g/mol. The molecule has 0 unspecified atom stereocenters. The Balaban J connectivity index is 1.37. The van der Waals surface area contributed by atoms with Crippen LogP contribution in [0.2, 0.25) is 0 Å². The summed E-state index contributed by atoms with van der Waals surface area (Å²) in [7, 11) is 1.98. The SMILES string of the molecule is CCc1nn(C)c2c1-c1cccc3c(CCCOc4cccc5cc(F)ccc45)c(C=O)n(c13)CCCCOC2. The van der Waals surface area contributed by atoms with E-state index in [0.29, 0.717) is 26.2 Å². The molecular formula is C33H34FN3O3. The standard InChI is InChI=1S/C33H34FN3O3/c1-3-28-32-27-11-7-10-26-25(12-8-18-40-31-13-6-9-22-19-23(34)14-15-24(22)31)29(20-38)37(33(26)27)16-4-5-17-39-21-30(32)36(2)35-28/h6-7,9-11,13-15,19-20H,3-5,8,12,16-18,21H2,1-2H3. The van der Waals surface area contributed by atoms with Gasteiger partial charge in [-0.15, -0.1) is 0 Å². The van der Waals surface area contributed by atoms with E-state index in [1.807, 2.05) is 29.9 Å². The molecule has 0 amide bonds. The van der Waals surface area contributed by atoms with Gasteiger partial charge in [0.05, 0.1) is 35.8 Å². The molecule has 0 spiro atoms. The maximum absolute atomic E-state index is 13.7. The highest BCUT2D eigenvalue weighted by Gasteiger charge is 2.25. The summed E-state index contributed by atoms with van der Waals surface area (Å²) in [6.07, 6.45) is 5.13. The lowest BCUT2D eigenvalue weighted by Gasteiger charge is -2.12. The van der Waals surface area contributed by atoms with Crippen LogP contribution in [-0.4, -0.2) is 33.8 Å². The van der Waals surface area contributed by atoms with E-state index >= 15 is 0 Å². The van der Waals surface area contributed by atoms with Crippen LogP contribution in [0.5, 0.6) is 5.75 Å². The third-order valence-electron chi connectivity index (χ3n) is 7.98. The van der Waals surface area contributed by atoms with Gasteiger partial charge in [-0.1, -0.05) is 37.3 Å². The van der Waals surface area contributed by atoms with Crippen LogP contribution in [0, 0.1) is 5.82 Å². The highest BCUT2D eigenvalue weighted by molar-refractivity contribution is 6.02. The van der Waals surface area contributed by atoms with Crippen LogP contribution < -0.4 is 4.74 Å². The number of ether oxygens (including phenoxy) is 2. The van der Waals surface area contributed by atoms with Crippen molar-refractivity contribution < 1.29 is 18.7 Å². The predicted molar refractivity (Wildman–Crippen MR) is 156 cm³/mol. The average Bonchev–Trinajstić information content (AvgIpc) is 3.44. The minimum Gasteiger partial charge on any atom is -0.493 e. The number of aromatic nitrogens is 3. The lowest BCUT2D eigenvalue weighted by atomic mass is 9.97. The zero-order chi connectivity index (χ0) is 27.6. The third kappa shape index (κ3) is 4.68. The first-order chi connectivity index (χ1) is 19.6. The van der Waals surface area contributed by atoms with Crippen LogP contribution in [0.4, 0.5) is 4.39 Å². The summed E-state index contributed by atoms with van der Waals surface area (Å²) in [4.78, 5) is 12.6. The predicted octanol–water partition coefficient (Wildman–Crippen LogP) is 7.03. The molecule has 0 aliphatic carbocycles. The summed E-state index contributed by atoms with van der Waals surface area (Å²) in [5, 5.41) is 7.64. The number of rotatable bonds is 7. The lowest BCUT2D eigenvalue weighted by molar-refractivity contribution is 0.110. The minimum atomic E-state index is -0.259. The third-order valence-corrected chi connectivity index (χ3v) is 7.98. The number of halogens is 1. The van der Waals surface area contributed by atoms with Gasteiger partial charge in [0, 0.05) is 42.1 Å². The van der Waals surface area contributed by atoms with Crippen molar-refractivity contribution in [1.29, 1.82) is 0 Å².